The van der Waals surface area contributed by atoms with E-state index in [2.05, 4.69) is 34.6 Å². The topological polar surface area (TPSA) is 50.6 Å². The molecule has 0 N–H and O–H groups in total. The summed E-state index contributed by atoms with van der Waals surface area (Å²) in [5.74, 6) is 1.21. The Morgan fingerprint density at radius 3 is 2.23 bits per heavy atom. The van der Waals surface area contributed by atoms with Crippen molar-refractivity contribution in [2.24, 2.45) is 11.8 Å². The second kappa shape index (κ2) is 8.55. The van der Waals surface area contributed by atoms with Crippen LogP contribution >= 0.6 is 0 Å². The Morgan fingerprint density at radius 2 is 1.69 bits per heavy atom. The number of nitriles is 1. The Hall–Kier alpha value is -2.06. The Bertz CT molecular complexity index is 633. The van der Waals surface area contributed by atoms with Gasteiger partial charge in [0, 0.05) is 57.4 Å². The Morgan fingerprint density at radius 1 is 1.08 bits per heavy atom. The van der Waals surface area contributed by atoms with Gasteiger partial charge in [-0.1, -0.05) is 13.8 Å². The summed E-state index contributed by atoms with van der Waals surface area (Å²) in [4.78, 5) is 19.7. The maximum Gasteiger partial charge on any atom is 0.225 e. The lowest BCUT2D eigenvalue weighted by Gasteiger charge is -2.39. The van der Waals surface area contributed by atoms with E-state index in [-0.39, 0.29) is 5.92 Å². The maximum atomic E-state index is 12.9. The van der Waals surface area contributed by atoms with Gasteiger partial charge < -0.3 is 9.80 Å². The molecule has 0 atom stereocenters. The monoisotopic (exact) mass is 354 g/mol. The van der Waals surface area contributed by atoms with E-state index >= 15 is 0 Å². The number of piperidine rings is 1. The number of hydrogen-bond acceptors (Lipinski definition) is 4. The van der Waals surface area contributed by atoms with E-state index in [1.54, 1.807) is 0 Å². The number of carbonyl (C=O) groups is 1. The number of rotatable bonds is 4. The first-order valence-electron chi connectivity index (χ1n) is 9.83. The third-order valence-electron chi connectivity index (χ3n) is 5.51. The molecule has 2 heterocycles. The molecule has 0 aliphatic carbocycles. The van der Waals surface area contributed by atoms with Crippen LogP contribution in [0.15, 0.2) is 24.3 Å². The van der Waals surface area contributed by atoms with Gasteiger partial charge in [-0.05, 0) is 43.0 Å². The van der Waals surface area contributed by atoms with Crippen LogP contribution in [0, 0.1) is 23.2 Å². The van der Waals surface area contributed by atoms with Crippen molar-refractivity contribution in [3.05, 3.63) is 29.8 Å². The average molecular weight is 354 g/mol. The number of piperazine rings is 1. The van der Waals surface area contributed by atoms with Crippen molar-refractivity contribution in [2.45, 2.75) is 26.7 Å². The predicted molar refractivity (Wildman–Crippen MR) is 104 cm³/mol. The van der Waals surface area contributed by atoms with Crippen LogP contribution in [0.3, 0.4) is 0 Å². The molecule has 26 heavy (non-hydrogen) atoms. The van der Waals surface area contributed by atoms with Crippen molar-refractivity contribution in [3.8, 4) is 6.07 Å². The largest absolute Gasteiger partial charge is 0.371 e. The van der Waals surface area contributed by atoms with Crippen molar-refractivity contribution >= 4 is 11.6 Å². The van der Waals surface area contributed by atoms with Crippen molar-refractivity contribution < 1.29 is 4.79 Å². The summed E-state index contributed by atoms with van der Waals surface area (Å²) in [6, 6.07) is 9.90. The average Bonchev–Trinajstić information content (AvgIpc) is 2.68. The van der Waals surface area contributed by atoms with Gasteiger partial charge in [0.1, 0.15) is 0 Å². The third kappa shape index (κ3) is 4.56. The first kappa shape index (κ1) is 18.7. The van der Waals surface area contributed by atoms with Crippen molar-refractivity contribution in [1.29, 1.82) is 5.26 Å². The first-order chi connectivity index (χ1) is 12.6. The van der Waals surface area contributed by atoms with E-state index in [9.17, 15) is 4.79 Å². The molecule has 0 unspecified atom stereocenters. The summed E-state index contributed by atoms with van der Waals surface area (Å²) >= 11 is 0. The number of amides is 1. The Kier molecular flexibility index (Phi) is 6.16. The molecular formula is C21H30N4O. The highest BCUT2D eigenvalue weighted by Crippen LogP contribution is 2.25. The minimum absolute atomic E-state index is 0.168. The third-order valence-corrected chi connectivity index (χ3v) is 5.51. The fourth-order valence-electron chi connectivity index (χ4n) is 4.06. The van der Waals surface area contributed by atoms with Gasteiger partial charge in [0.05, 0.1) is 11.6 Å². The van der Waals surface area contributed by atoms with Crippen LogP contribution in [0.4, 0.5) is 5.69 Å². The van der Waals surface area contributed by atoms with Gasteiger partial charge in [-0.25, -0.2) is 0 Å². The SMILES string of the molecule is CC(C)CN1CCN(C(=O)C2CCN(c3ccc(C#N)cc3)CC2)CC1. The summed E-state index contributed by atoms with van der Waals surface area (Å²) < 4.78 is 0. The molecular weight excluding hydrogens is 324 g/mol. The molecule has 2 saturated heterocycles. The van der Waals surface area contributed by atoms with Crippen LogP contribution in [0.25, 0.3) is 0 Å². The van der Waals surface area contributed by atoms with Gasteiger partial charge in [-0.2, -0.15) is 5.26 Å². The fourth-order valence-corrected chi connectivity index (χ4v) is 4.06. The number of nitrogens with zero attached hydrogens (tertiary/aromatic N) is 4. The van der Waals surface area contributed by atoms with Gasteiger partial charge in [0.15, 0.2) is 0 Å². The highest BCUT2D eigenvalue weighted by atomic mass is 16.2. The number of carbonyl (C=O) groups excluding carboxylic acids is 1. The lowest BCUT2D eigenvalue weighted by Crippen LogP contribution is -2.52. The summed E-state index contributed by atoms with van der Waals surface area (Å²) in [6.45, 7) is 11.2. The molecule has 0 saturated carbocycles. The van der Waals surface area contributed by atoms with E-state index in [1.807, 2.05) is 24.3 Å². The molecule has 140 valence electrons. The van der Waals surface area contributed by atoms with E-state index in [1.165, 1.54) is 0 Å². The van der Waals surface area contributed by atoms with E-state index < -0.39 is 0 Å². The number of hydrogen-bond donors (Lipinski definition) is 0. The summed E-state index contributed by atoms with van der Waals surface area (Å²) in [6.07, 6.45) is 1.84. The molecule has 1 aromatic rings. The second-order valence-corrected chi connectivity index (χ2v) is 7.94. The molecule has 0 bridgehead atoms. The highest BCUT2D eigenvalue weighted by Gasteiger charge is 2.30. The Balaban J connectivity index is 1.47. The molecule has 2 aliphatic heterocycles. The lowest BCUT2D eigenvalue weighted by atomic mass is 9.94. The summed E-state index contributed by atoms with van der Waals surface area (Å²) in [5.41, 5.74) is 1.84. The van der Waals surface area contributed by atoms with E-state index in [0.717, 1.165) is 64.3 Å². The van der Waals surface area contributed by atoms with Gasteiger partial charge in [0.2, 0.25) is 5.91 Å². The zero-order valence-corrected chi connectivity index (χ0v) is 16.0. The van der Waals surface area contributed by atoms with Crippen molar-refractivity contribution in [1.82, 2.24) is 9.80 Å². The summed E-state index contributed by atoms with van der Waals surface area (Å²) in [5, 5.41) is 8.91. The summed E-state index contributed by atoms with van der Waals surface area (Å²) in [7, 11) is 0. The van der Waals surface area contributed by atoms with Gasteiger partial charge >= 0.3 is 0 Å². The molecule has 0 radical (unpaired) electrons. The van der Waals surface area contributed by atoms with Crippen LogP contribution in [-0.4, -0.2) is 61.5 Å². The smallest absolute Gasteiger partial charge is 0.225 e. The van der Waals surface area contributed by atoms with Crippen LogP contribution in [0.5, 0.6) is 0 Å². The molecule has 2 fully saturated rings. The van der Waals surface area contributed by atoms with Crippen LogP contribution < -0.4 is 4.90 Å². The molecule has 2 aliphatic rings. The van der Waals surface area contributed by atoms with Crippen molar-refractivity contribution in [3.63, 3.8) is 0 Å². The normalized spacial score (nSPS) is 19.6. The molecule has 1 aromatic carbocycles. The molecule has 3 rings (SSSR count). The van der Waals surface area contributed by atoms with Crippen molar-refractivity contribution in [2.75, 3.05) is 50.7 Å². The molecule has 5 nitrogen and oxygen atoms in total. The minimum Gasteiger partial charge on any atom is -0.371 e. The van der Waals surface area contributed by atoms with Gasteiger partial charge in [-0.15, -0.1) is 0 Å². The predicted octanol–water partition coefficient (Wildman–Crippen LogP) is 2.57. The van der Waals surface area contributed by atoms with Gasteiger partial charge in [0.25, 0.3) is 0 Å². The van der Waals surface area contributed by atoms with Crippen LogP contribution in [0.1, 0.15) is 32.3 Å². The molecule has 0 aromatic heterocycles. The highest BCUT2D eigenvalue weighted by molar-refractivity contribution is 5.79. The van der Waals surface area contributed by atoms with Crippen LogP contribution in [-0.2, 0) is 4.79 Å². The minimum atomic E-state index is 0.168. The standard InChI is InChI=1S/C21H30N4O/c1-17(2)16-23-11-13-25(14-12-23)21(26)19-7-9-24(10-8-19)20-5-3-18(15-22)4-6-20/h3-6,17,19H,7-14,16H2,1-2H3. The molecule has 5 heteroatoms. The second-order valence-electron chi connectivity index (χ2n) is 7.94. The Labute approximate surface area is 157 Å². The quantitative estimate of drug-likeness (QED) is 0.834. The molecule has 1 amide bonds. The molecule has 0 spiro atoms. The van der Waals surface area contributed by atoms with E-state index in [0.29, 0.717) is 17.4 Å². The van der Waals surface area contributed by atoms with Gasteiger partial charge in [-0.3, -0.25) is 9.69 Å². The maximum absolute atomic E-state index is 12.9. The number of anilines is 1. The first-order valence-corrected chi connectivity index (χ1v) is 9.83. The fraction of sp³-hybridized carbons (Fsp3) is 0.619. The zero-order chi connectivity index (χ0) is 18.5. The lowest BCUT2D eigenvalue weighted by molar-refractivity contribution is -0.138. The van der Waals surface area contributed by atoms with Crippen LogP contribution in [0.2, 0.25) is 0 Å². The van der Waals surface area contributed by atoms with E-state index in [4.69, 9.17) is 5.26 Å². The number of benzene rings is 1. The zero-order valence-electron chi connectivity index (χ0n) is 16.0.